The minimum atomic E-state index is 0.793. The molecule has 1 aliphatic rings. The van der Waals surface area contributed by atoms with Gasteiger partial charge in [0.25, 0.3) is 0 Å². The summed E-state index contributed by atoms with van der Waals surface area (Å²) >= 11 is 6.90. The van der Waals surface area contributed by atoms with Crippen molar-refractivity contribution in [1.82, 2.24) is 0 Å². The Morgan fingerprint density at radius 3 is 2.14 bits per heavy atom. The van der Waals surface area contributed by atoms with Gasteiger partial charge in [-0.1, -0.05) is 6.07 Å². The van der Waals surface area contributed by atoms with Gasteiger partial charge in [-0.3, -0.25) is 6.08 Å². The number of fused-ring (bicyclic) bond motifs is 1. The molecule has 1 aliphatic carbocycles. The van der Waals surface area contributed by atoms with Gasteiger partial charge in [0.15, 0.2) is 0 Å². The fourth-order valence-corrected chi connectivity index (χ4v) is 4.12. The van der Waals surface area contributed by atoms with E-state index in [1.165, 1.54) is 25.2 Å². The van der Waals surface area contributed by atoms with Crippen LogP contribution in [0.3, 0.4) is 0 Å². The predicted octanol–water partition coefficient (Wildman–Crippen LogP) is 7.32. The molecule has 0 spiro atoms. The molecule has 0 aromatic heterocycles. The number of hydrogen-bond donors (Lipinski definition) is 0. The first-order chi connectivity index (χ1) is 14.2. The van der Waals surface area contributed by atoms with Crippen LogP contribution < -0.4 is 0 Å². The molecule has 0 bridgehead atoms. The molecule has 4 aromatic rings. The Balaban J connectivity index is 0.000000143. The summed E-state index contributed by atoms with van der Waals surface area (Å²) in [5.74, 6) is 0. The number of benzene rings is 3. The van der Waals surface area contributed by atoms with E-state index >= 15 is 0 Å². The summed E-state index contributed by atoms with van der Waals surface area (Å²) in [5, 5.41) is 3.45. The van der Waals surface area contributed by atoms with Crippen molar-refractivity contribution in [2.24, 2.45) is 0 Å². The summed E-state index contributed by atoms with van der Waals surface area (Å²) in [7, 11) is 0. The number of hydrogen-bond acceptors (Lipinski definition) is 0. The van der Waals surface area contributed by atoms with Crippen LogP contribution in [0.4, 0.5) is 0 Å². The molecular weight excluding hydrogens is 538 g/mol. The van der Waals surface area contributed by atoms with Crippen LogP contribution in [0.5, 0.6) is 0 Å². The first-order valence-electron chi connectivity index (χ1n) is 9.46. The largest absolute Gasteiger partial charge is 0.273 e. The van der Waals surface area contributed by atoms with Crippen molar-refractivity contribution in [3.8, 4) is 0 Å². The molecule has 0 unspecified atom stereocenters. The molecule has 0 nitrogen and oxygen atoms in total. The average molecular weight is 559 g/mol. The fraction of sp³-hybridized carbons (Fsp3) is 0.0370. The topological polar surface area (TPSA) is 0 Å². The second-order valence-corrected chi connectivity index (χ2v) is 8.64. The predicted molar refractivity (Wildman–Crippen MR) is 122 cm³/mol. The standard InChI is InChI=1S/C13H9Cl.C9H7.C5H5.Hf/c14-13-8-6-12(7-9-13)10-11-4-2-1-3-5-11;1-2-5-9-7-3-6-8(9)4-1;1-2-4-5-3-1;/h1-9H;1-7H;1-3H,4H2;/q;2*-1;+2. The molecule has 0 saturated carbocycles. The number of allylic oxidation sites excluding steroid dienone is 4. The van der Waals surface area contributed by atoms with Crippen LogP contribution in [0.2, 0.25) is 5.02 Å². The zero-order valence-corrected chi connectivity index (χ0v) is 20.4. The van der Waals surface area contributed by atoms with Crippen molar-refractivity contribution in [3.63, 3.8) is 0 Å². The van der Waals surface area contributed by atoms with E-state index in [-0.39, 0.29) is 0 Å². The molecule has 4 aromatic carbocycles. The van der Waals surface area contributed by atoms with Crippen molar-refractivity contribution in [1.29, 1.82) is 0 Å². The monoisotopic (exact) mass is 560 g/mol. The fourth-order valence-electron chi connectivity index (χ4n) is 2.80. The normalized spacial score (nSPS) is 11.4. The van der Waals surface area contributed by atoms with E-state index < -0.39 is 0 Å². The van der Waals surface area contributed by atoms with Crippen molar-refractivity contribution in [2.75, 3.05) is 0 Å². The Morgan fingerprint density at radius 1 is 0.828 bits per heavy atom. The second kappa shape index (κ2) is 11.7. The van der Waals surface area contributed by atoms with Gasteiger partial charge in [0.2, 0.25) is 0 Å². The molecule has 0 atom stereocenters. The molecule has 0 amide bonds. The summed E-state index contributed by atoms with van der Waals surface area (Å²) in [6, 6.07) is 33.2. The minimum absolute atomic E-state index is 0.793. The Morgan fingerprint density at radius 2 is 1.52 bits per heavy atom. The molecule has 2 heteroatoms. The zero-order valence-electron chi connectivity index (χ0n) is 16.1. The van der Waals surface area contributed by atoms with Crippen LogP contribution in [0, 0.1) is 6.08 Å². The summed E-state index contributed by atoms with van der Waals surface area (Å²) < 4.78 is 1.41. The second-order valence-electron chi connectivity index (χ2n) is 6.41. The third kappa shape index (κ3) is 6.96. The maximum atomic E-state index is 5.86. The molecule has 0 radical (unpaired) electrons. The van der Waals surface area contributed by atoms with Gasteiger partial charge in [-0.15, -0.1) is 36.1 Å². The summed E-state index contributed by atoms with van der Waals surface area (Å²) in [4.78, 5) is 0. The Bertz CT molecular complexity index is 1050. The Kier molecular flexibility index (Phi) is 8.67. The SMILES string of the molecule is Clc1ccc([C](=[Hf+2])c2ccccc2)cc1.[C-]1=CC=CC1.c1ccc2[cH-]ccc2c1. The van der Waals surface area contributed by atoms with Gasteiger partial charge in [0.05, 0.1) is 0 Å². The van der Waals surface area contributed by atoms with E-state index in [2.05, 4.69) is 91.0 Å². The van der Waals surface area contributed by atoms with Crippen molar-refractivity contribution in [2.45, 2.75) is 6.42 Å². The molecule has 0 saturated heterocycles. The molecule has 0 heterocycles. The molecule has 140 valence electrons. The quantitative estimate of drug-likeness (QED) is 0.178. The van der Waals surface area contributed by atoms with E-state index in [1.54, 1.807) is 0 Å². The first-order valence-corrected chi connectivity index (χ1v) is 11.6. The minimum Gasteiger partial charge on any atom is -0.273 e. The van der Waals surface area contributed by atoms with Crippen molar-refractivity contribution < 1.29 is 23.9 Å². The van der Waals surface area contributed by atoms with Gasteiger partial charge in [0.1, 0.15) is 0 Å². The van der Waals surface area contributed by atoms with Crippen LogP contribution >= 0.6 is 11.6 Å². The molecule has 29 heavy (non-hydrogen) atoms. The summed E-state index contributed by atoms with van der Waals surface area (Å²) in [6.45, 7) is 0. The van der Waals surface area contributed by atoms with Crippen LogP contribution in [0.1, 0.15) is 17.5 Å². The van der Waals surface area contributed by atoms with E-state index in [4.69, 9.17) is 11.6 Å². The van der Waals surface area contributed by atoms with Gasteiger partial charge in [-0.05, 0) is 0 Å². The van der Waals surface area contributed by atoms with Gasteiger partial charge in [-0.2, -0.15) is 23.6 Å². The third-order valence-electron chi connectivity index (χ3n) is 4.33. The number of halogens is 1. The van der Waals surface area contributed by atoms with Crippen LogP contribution in [0.25, 0.3) is 10.8 Å². The van der Waals surface area contributed by atoms with Gasteiger partial charge >= 0.3 is 109 Å². The summed E-state index contributed by atoms with van der Waals surface area (Å²) in [6.07, 6.45) is 10.0. The first kappa shape index (κ1) is 21.5. The average Bonchev–Trinajstić information content (AvgIpc) is 3.50. The maximum absolute atomic E-state index is 5.86. The Hall–Kier alpha value is -2.22. The third-order valence-corrected chi connectivity index (χ3v) is 6.66. The number of rotatable bonds is 2. The van der Waals surface area contributed by atoms with Gasteiger partial charge < -0.3 is 0 Å². The molecule has 5 rings (SSSR count). The van der Waals surface area contributed by atoms with E-state index in [0.29, 0.717) is 0 Å². The van der Waals surface area contributed by atoms with Crippen LogP contribution in [-0.2, 0) is 23.9 Å². The molecule has 0 N–H and O–H groups in total. The van der Waals surface area contributed by atoms with E-state index in [1.807, 2.05) is 30.4 Å². The molecular formula is C27H21ClHf. The Labute approximate surface area is 192 Å². The smallest absolute Gasteiger partial charge is 0.0809 e. The van der Waals surface area contributed by atoms with Gasteiger partial charge in [0, 0.05) is 0 Å². The van der Waals surface area contributed by atoms with Crippen LogP contribution in [0.15, 0.2) is 115 Å². The van der Waals surface area contributed by atoms with Crippen LogP contribution in [-0.4, -0.2) is 3.26 Å². The van der Waals surface area contributed by atoms with E-state index in [0.717, 1.165) is 35.3 Å². The maximum Gasteiger partial charge on any atom is -0.0809 e. The summed E-state index contributed by atoms with van der Waals surface area (Å²) in [5.41, 5.74) is 2.59. The van der Waals surface area contributed by atoms with Crippen molar-refractivity contribution in [3.05, 3.63) is 138 Å². The van der Waals surface area contributed by atoms with E-state index in [9.17, 15) is 0 Å². The zero-order chi connectivity index (χ0) is 20.3. The van der Waals surface area contributed by atoms with Gasteiger partial charge in [-0.25, -0.2) is 12.2 Å². The molecule has 0 fully saturated rings. The molecule has 0 aliphatic heterocycles. The van der Waals surface area contributed by atoms with Crippen molar-refractivity contribution >= 4 is 25.6 Å².